The second-order valence-electron chi connectivity index (χ2n) is 9.63. The molecule has 9 nitrogen and oxygen atoms in total. The Morgan fingerprint density at radius 3 is 2.74 bits per heavy atom. The van der Waals surface area contributed by atoms with E-state index in [0.29, 0.717) is 61.3 Å². The van der Waals surface area contributed by atoms with Gasteiger partial charge in [0.05, 0.1) is 18.7 Å². The fourth-order valence-electron chi connectivity index (χ4n) is 5.32. The number of aromatic hydroxyl groups is 1. The summed E-state index contributed by atoms with van der Waals surface area (Å²) in [5, 5.41) is 13.6. The quantitative estimate of drug-likeness (QED) is 0.536. The number of hydrogen-bond donors (Lipinski definition) is 2. The fraction of sp³-hybridized carbons (Fsp3) is 0.310. The van der Waals surface area contributed by atoms with E-state index in [1.54, 1.807) is 54.5 Å². The first-order valence-electron chi connectivity index (χ1n) is 12.6. The Hall–Kier alpha value is -4.40. The van der Waals surface area contributed by atoms with Gasteiger partial charge in [-0.25, -0.2) is 0 Å². The summed E-state index contributed by atoms with van der Waals surface area (Å²) < 4.78 is 23.1. The molecule has 1 saturated heterocycles. The summed E-state index contributed by atoms with van der Waals surface area (Å²) in [6.07, 6.45) is 0.740. The Labute approximate surface area is 219 Å². The monoisotopic (exact) mass is 516 g/mol. The molecule has 4 bridgehead atoms. The molecule has 3 aliphatic heterocycles. The molecule has 3 aliphatic rings. The van der Waals surface area contributed by atoms with Gasteiger partial charge < -0.3 is 34.3 Å². The number of aryl methyl sites for hydroxylation is 1. The molecule has 3 heterocycles. The normalized spacial score (nSPS) is 20.1. The lowest BCUT2D eigenvalue weighted by atomic mass is 9.93. The van der Waals surface area contributed by atoms with Crippen LogP contribution in [0.15, 0.2) is 54.6 Å². The summed E-state index contributed by atoms with van der Waals surface area (Å²) >= 11 is 0. The highest BCUT2D eigenvalue weighted by atomic mass is 16.6. The van der Waals surface area contributed by atoms with Crippen LogP contribution in [0.25, 0.3) is 0 Å². The maximum atomic E-state index is 13.7. The first-order valence-corrected chi connectivity index (χ1v) is 12.6. The Balaban J connectivity index is 1.36. The molecule has 0 aromatic heterocycles. The second-order valence-corrected chi connectivity index (χ2v) is 9.63. The number of carbonyl (C=O) groups is 2. The van der Waals surface area contributed by atoms with Gasteiger partial charge in [-0.3, -0.25) is 9.59 Å². The highest BCUT2D eigenvalue weighted by Gasteiger charge is 2.39. The predicted molar refractivity (Wildman–Crippen MR) is 138 cm³/mol. The van der Waals surface area contributed by atoms with Gasteiger partial charge in [-0.15, -0.1) is 0 Å². The predicted octanol–water partition coefficient (Wildman–Crippen LogP) is 3.63. The van der Waals surface area contributed by atoms with Crippen molar-refractivity contribution >= 4 is 11.8 Å². The van der Waals surface area contributed by atoms with Crippen molar-refractivity contribution in [1.29, 1.82) is 0 Å². The minimum atomic E-state index is -0.304. The van der Waals surface area contributed by atoms with Crippen molar-refractivity contribution in [2.24, 2.45) is 0 Å². The van der Waals surface area contributed by atoms with E-state index < -0.39 is 0 Å². The molecule has 2 amide bonds. The Morgan fingerprint density at radius 2 is 1.87 bits per heavy atom. The zero-order valence-corrected chi connectivity index (χ0v) is 20.9. The lowest BCUT2D eigenvalue weighted by Gasteiger charge is -2.23. The number of nitrogens with one attached hydrogen (secondary N) is 1. The summed E-state index contributed by atoms with van der Waals surface area (Å²) in [5.74, 6) is 1.76. The number of benzene rings is 3. The van der Waals surface area contributed by atoms with Crippen LogP contribution in [0.3, 0.4) is 0 Å². The van der Waals surface area contributed by atoms with Crippen LogP contribution in [0, 0.1) is 0 Å². The van der Waals surface area contributed by atoms with Crippen molar-refractivity contribution in [3.05, 3.63) is 71.3 Å². The third-order valence-corrected chi connectivity index (χ3v) is 7.25. The number of methoxy groups -OCH3 is 1. The molecule has 0 aliphatic carbocycles. The number of nitrogens with zero attached hydrogens (tertiary/aromatic N) is 1. The Bertz CT molecular complexity index is 1410. The average molecular weight is 517 g/mol. The van der Waals surface area contributed by atoms with E-state index in [1.807, 2.05) is 12.1 Å². The highest BCUT2D eigenvalue weighted by Crippen LogP contribution is 2.41. The average Bonchev–Trinajstić information content (AvgIpc) is 3.36. The summed E-state index contributed by atoms with van der Waals surface area (Å²) in [5.41, 5.74) is 2.18. The number of hydrogen-bond acceptors (Lipinski definition) is 7. The van der Waals surface area contributed by atoms with Gasteiger partial charge in [0.1, 0.15) is 13.2 Å². The van der Waals surface area contributed by atoms with Gasteiger partial charge in [0.15, 0.2) is 34.5 Å². The van der Waals surface area contributed by atoms with Gasteiger partial charge in [0.2, 0.25) is 5.91 Å². The number of rotatable bonds is 2. The van der Waals surface area contributed by atoms with E-state index in [1.165, 1.54) is 0 Å². The first-order chi connectivity index (χ1) is 18.5. The van der Waals surface area contributed by atoms with Crippen LogP contribution in [-0.4, -0.2) is 61.3 Å². The van der Waals surface area contributed by atoms with E-state index in [4.69, 9.17) is 18.9 Å². The third-order valence-electron chi connectivity index (χ3n) is 7.25. The van der Waals surface area contributed by atoms with Gasteiger partial charge in [-0.1, -0.05) is 18.2 Å². The molecule has 9 heteroatoms. The maximum Gasteiger partial charge on any atom is 0.257 e. The molecule has 3 aromatic rings. The summed E-state index contributed by atoms with van der Waals surface area (Å²) in [4.78, 5) is 28.4. The molecule has 0 saturated carbocycles. The Morgan fingerprint density at radius 1 is 1.00 bits per heavy atom. The van der Waals surface area contributed by atoms with Crippen molar-refractivity contribution in [3.63, 3.8) is 0 Å². The van der Waals surface area contributed by atoms with Crippen molar-refractivity contribution in [3.8, 4) is 34.5 Å². The minimum Gasteiger partial charge on any atom is -0.504 e. The van der Waals surface area contributed by atoms with Gasteiger partial charge >= 0.3 is 0 Å². The summed E-state index contributed by atoms with van der Waals surface area (Å²) in [7, 11) is 1.55. The van der Waals surface area contributed by atoms with Crippen LogP contribution in [-0.2, 0) is 11.2 Å². The van der Waals surface area contributed by atoms with Crippen LogP contribution in [0.1, 0.15) is 33.8 Å². The van der Waals surface area contributed by atoms with E-state index in [9.17, 15) is 14.7 Å². The van der Waals surface area contributed by atoms with Crippen molar-refractivity contribution < 1.29 is 33.6 Å². The molecule has 0 radical (unpaired) electrons. The number of carbonyl (C=O) groups excluding carboxylic acids is 2. The molecule has 6 rings (SSSR count). The van der Waals surface area contributed by atoms with Crippen LogP contribution < -0.4 is 24.3 Å². The highest BCUT2D eigenvalue weighted by molar-refractivity contribution is 5.98. The zero-order chi connectivity index (χ0) is 26.2. The number of para-hydroxylation sites is 1. The van der Waals surface area contributed by atoms with E-state index in [0.717, 1.165) is 11.1 Å². The molecule has 0 spiro atoms. The smallest absolute Gasteiger partial charge is 0.257 e. The zero-order valence-electron chi connectivity index (χ0n) is 20.9. The first kappa shape index (κ1) is 24.0. The van der Waals surface area contributed by atoms with Gasteiger partial charge in [-0.05, 0) is 53.9 Å². The van der Waals surface area contributed by atoms with Gasteiger partial charge in [-0.2, -0.15) is 0 Å². The topological polar surface area (TPSA) is 107 Å². The van der Waals surface area contributed by atoms with Crippen LogP contribution >= 0.6 is 0 Å². The molecule has 1 fully saturated rings. The third kappa shape index (κ3) is 4.44. The van der Waals surface area contributed by atoms with Crippen molar-refractivity contribution in [1.82, 2.24) is 10.2 Å². The largest absolute Gasteiger partial charge is 0.504 e. The van der Waals surface area contributed by atoms with Crippen LogP contribution in [0.2, 0.25) is 0 Å². The lowest BCUT2D eigenvalue weighted by molar-refractivity contribution is -0.121. The standard InChI is InChI=1S/C29H28N2O7/c1-35-23-9-7-18-14-26(23)38-25-13-17(5-8-22(25)32)6-10-27(33)30-21-16-31(15-20(18)21)29(34)19-3-2-4-24-28(19)37-12-11-36-24/h2-5,7-9,13-14,20-21,32H,6,10-12,15-16H2,1H3,(H,30,33)/t20-,21+/m0/s1. The van der Waals surface area contributed by atoms with Crippen LogP contribution in [0.4, 0.5) is 0 Å². The van der Waals surface area contributed by atoms with E-state index in [-0.39, 0.29) is 41.7 Å². The molecular formula is C29H28N2O7. The molecule has 38 heavy (non-hydrogen) atoms. The van der Waals surface area contributed by atoms with Crippen LogP contribution in [0.5, 0.6) is 34.5 Å². The molecule has 3 aromatic carbocycles. The molecular weight excluding hydrogens is 488 g/mol. The van der Waals surface area contributed by atoms with Crippen molar-refractivity contribution in [2.75, 3.05) is 33.4 Å². The molecule has 2 N–H and O–H groups in total. The molecule has 0 unspecified atom stereocenters. The van der Waals surface area contributed by atoms with Gasteiger partial charge in [0, 0.05) is 25.4 Å². The minimum absolute atomic E-state index is 0.00608. The maximum absolute atomic E-state index is 13.7. The number of likely N-dealkylation sites (tertiary alicyclic amines) is 1. The fourth-order valence-corrected chi connectivity index (χ4v) is 5.32. The number of phenols is 1. The lowest BCUT2D eigenvalue weighted by Crippen LogP contribution is -2.40. The molecule has 2 atom stereocenters. The summed E-state index contributed by atoms with van der Waals surface area (Å²) in [6.45, 7) is 1.55. The van der Waals surface area contributed by atoms with Crippen molar-refractivity contribution in [2.45, 2.75) is 24.8 Å². The number of ether oxygens (including phenoxy) is 4. The number of amides is 2. The summed E-state index contributed by atoms with van der Waals surface area (Å²) in [6, 6.07) is 15.6. The number of fused-ring (bicyclic) bond motifs is 7. The number of phenolic OH excluding ortho intramolecular Hbond substituents is 1. The molecule has 196 valence electrons. The van der Waals surface area contributed by atoms with E-state index in [2.05, 4.69) is 5.32 Å². The van der Waals surface area contributed by atoms with Gasteiger partial charge in [0.25, 0.3) is 5.91 Å². The van der Waals surface area contributed by atoms with E-state index >= 15 is 0 Å². The SMILES string of the molecule is COc1ccc2cc1Oc1cc(ccc1O)CCC(=O)N[C@@H]1CN(C(=O)c3cccc4c3OCCO4)C[C@@H]21. The second kappa shape index (κ2) is 9.81. The Kier molecular flexibility index (Phi) is 6.19.